The van der Waals surface area contributed by atoms with E-state index in [0.29, 0.717) is 16.6 Å². The Morgan fingerprint density at radius 3 is 2.93 bits per heavy atom. The molecule has 0 saturated heterocycles. The largest absolute Gasteiger partial charge is 0.496 e. The number of thiazole rings is 1. The summed E-state index contributed by atoms with van der Waals surface area (Å²) >= 11 is 1.37. The van der Waals surface area contributed by atoms with Gasteiger partial charge in [-0.05, 0) is 31.0 Å². The van der Waals surface area contributed by atoms with Gasteiger partial charge in [-0.3, -0.25) is 9.89 Å². The van der Waals surface area contributed by atoms with E-state index in [1.165, 1.54) is 11.3 Å². The second-order valence-electron chi connectivity index (χ2n) is 6.67. The molecule has 28 heavy (non-hydrogen) atoms. The lowest BCUT2D eigenvalue weighted by molar-refractivity contribution is 0.0955. The van der Waals surface area contributed by atoms with Gasteiger partial charge < -0.3 is 10.1 Å². The molecule has 0 bridgehead atoms. The fourth-order valence-corrected chi connectivity index (χ4v) is 3.86. The Kier molecular flexibility index (Phi) is 4.05. The highest BCUT2D eigenvalue weighted by molar-refractivity contribution is 7.16. The predicted octanol–water partition coefficient (Wildman–Crippen LogP) is 3.65. The number of rotatable bonds is 5. The summed E-state index contributed by atoms with van der Waals surface area (Å²) in [6.45, 7) is 0. The van der Waals surface area contributed by atoms with Crippen molar-refractivity contribution in [2.24, 2.45) is 0 Å². The number of fused-ring (bicyclic) bond motifs is 1. The van der Waals surface area contributed by atoms with Crippen molar-refractivity contribution in [1.82, 2.24) is 25.5 Å². The van der Waals surface area contributed by atoms with Crippen molar-refractivity contribution in [2.75, 3.05) is 7.11 Å². The number of benzene rings is 1. The van der Waals surface area contributed by atoms with E-state index in [2.05, 4.69) is 25.5 Å². The maximum atomic E-state index is 12.2. The number of nitrogens with zero attached hydrogens (tertiary/aromatic N) is 3. The molecular weight excluding hydrogens is 374 g/mol. The van der Waals surface area contributed by atoms with Gasteiger partial charge in [-0.15, -0.1) is 11.3 Å². The second kappa shape index (κ2) is 6.72. The van der Waals surface area contributed by atoms with Crippen LogP contribution in [-0.2, 0) is 0 Å². The molecule has 0 radical (unpaired) electrons. The quantitative estimate of drug-likeness (QED) is 0.542. The zero-order valence-electron chi connectivity index (χ0n) is 15.1. The van der Waals surface area contributed by atoms with Crippen LogP contribution in [0.15, 0.2) is 42.7 Å². The number of carbonyl (C=O) groups excluding carboxylic acids is 1. The van der Waals surface area contributed by atoms with E-state index < -0.39 is 0 Å². The fourth-order valence-electron chi connectivity index (χ4n) is 3.06. The van der Waals surface area contributed by atoms with Crippen LogP contribution in [0.5, 0.6) is 5.75 Å². The summed E-state index contributed by atoms with van der Waals surface area (Å²) in [4.78, 5) is 21.7. The smallest absolute Gasteiger partial charge is 0.263 e. The first kappa shape index (κ1) is 16.9. The van der Waals surface area contributed by atoms with E-state index in [1.54, 1.807) is 19.5 Å². The van der Waals surface area contributed by atoms with E-state index >= 15 is 0 Å². The lowest BCUT2D eigenvalue weighted by Crippen LogP contribution is -2.24. The summed E-state index contributed by atoms with van der Waals surface area (Å²) in [5.74, 6) is 0.688. The number of nitrogens with one attached hydrogen (secondary N) is 2. The Hall–Kier alpha value is -3.26. The second-order valence-corrected chi connectivity index (χ2v) is 7.70. The van der Waals surface area contributed by atoms with Crippen molar-refractivity contribution in [3.05, 3.63) is 47.6 Å². The third kappa shape index (κ3) is 3.01. The number of ether oxygens (including phenoxy) is 1. The van der Waals surface area contributed by atoms with Crippen molar-refractivity contribution in [2.45, 2.75) is 18.9 Å². The van der Waals surface area contributed by atoms with Crippen LogP contribution in [0.2, 0.25) is 0 Å². The summed E-state index contributed by atoms with van der Waals surface area (Å²) < 4.78 is 5.47. The molecule has 2 N–H and O–H groups in total. The van der Waals surface area contributed by atoms with Crippen molar-refractivity contribution in [3.63, 3.8) is 0 Å². The van der Waals surface area contributed by atoms with Crippen molar-refractivity contribution in [1.29, 1.82) is 0 Å². The fraction of sp³-hybridized carbons (Fsp3) is 0.200. The topological polar surface area (TPSA) is 92.8 Å². The summed E-state index contributed by atoms with van der Waals surface area (Å²) in [6, 6.07) is 10.1. The number of para-hydroxylation sites is 1. The Morgan fingerprint density at radius 2 is 2.11 bits per heavy atom. The molecule has 4 aromatic rings. The normalized spacial score (nSPS) is 13.6. The Labute approximate surface area is 164 Å². The SMILES string of the molecule is COc1ccccc1-c1n[nH]c2ncc(-c3ncc(C(=O)NC4CC4)s3)cc12. The van der Waals surface area contributed by atoms with E-state index in [0.717, 1.165) is 45.8 Å². The number of hydrogen-bond acceptors (Lipinski definition) is 6. The lowest BCUT2D eigenvalue weighted by atomic mass is 10.1. The first-order chi connectivity index (χ1) is 13.7. The Bertz CT molecular complexity index is 1180. The Morgan fingerprint density at radius 1 is 1.25 bits per heavy atom. The maximum Gasteiger partial charge on any atom is 0.263 e. The number of hydrogen-bond donors (Lipinski definition) is 2. The third-order valence-corrected chi connectivity index (χ3v) is 5.71. The maximum absolute atomic E-state index is 12.2. The molecule has 1 aliphatic rings. The van der Waals surface area contributed by atoms with Crippen molar-refractivity contribution >= 4 is 28.3 Å². The molecule has 1 saturated carbocycles. The number of aromatic nitrogens is 4. The standard InChI is InChI=1S/C20H17N5O2S/c1-27-15-5-3-2-4-13(15)17-14-8-11(9-21-18(14)25-24-17)20-22-10-16(28-20)19(26)23-12-6-7-12/h2-5,8-10,12H,6-7H2,1H3,(H,23,26)(H,21,24,25). The van der Waals surface area contributed by atoms with Gasteiger partial charge in [0.15, 0.2) is 5.65 Å². The van der Waals surface area contributed by atoms with E-state index in [1.807, 2.05) is 30.3 Å². The lowest BCUT2D eigenvalue weighted by Gasteiger charge is -2.06. The van der Waals surface area contributed by atoms with Gasteiger partial charge in [0.1, 0.15) is 21.3 Å². The number of amides is 1. The van der Waals surface area contributed by atoms with Crippen LogP contribution in [0.4, 0.5) is 0 Å². The molecule has 0 spiro atoms. The van der Waals surface area contributed by atoms with Gasteiger partial charge in [0.2, 0.25) is 0 Å². The zero-order valence-corrected chi connectivity index (χ0v) is 15.9. The first-order valence-corrected chi connectivity index (χ1v) is 9.79. The zero-order chi connectivity index (χ0) is 19.1. The van der Waals surface area contributed by atoms with E-state index in [4.69, 9.17) is 4.74 Å². The van der Waals surface area contributed by atoms with Crippen LogP contribution in [0.25, 0.3) is 32.9 Å². The van der Waals surface area contributed by atoms with Crippen molar-refractivity contribution < 1.29 is 9.53 Å². The van der Waals surface area contributed by atoms with Gasteiger partial charge in [0.05, 0.1) is 13.3 Å². The number of aromatic amines is 1. The van der Waals surface area contributed by atoms with Crippen LogP contribution >= 0.6 is 11.3 Å². The highest BCUT2D eigenvalue weighted by Gasteiger charge is 2.25. The molecule has 1 aliphatic carbocycles. The number of pyridine rings is 1. The molecule has 5 rings (SSSR count). The molecule has 140 valence electrons. The molecule has 7 nitrogen and oxygen atoms in total. The third-order valence-electron chi connectivity index (χ3n) is 4.67. The van der Waals surface area contributed by atoms with Gasteiger partial charge in [-0.2, -0.15) is 5.10 Å². The first-order valence-electron chi connectivity index (χ1n) is 8.97. The molecular formula is C20H17N5O2S. The molecule has 0 aliphatic heterocycles. The highest BCUT2D eigenvalue weighted by Crippen LogP contribution is 2.35. The molecule has 1 aromatic carbocycles. The minimum absolute atomic E-state index is 0.0571. The predicted molar refractivity (Wildman–Crippen MR) is 107 cm³/mol. The molecule has 1 fully saturated rings. The van der Waals surface area contributed by atoms with Gasteiger partial charge >= 0.3 is 0 Å². The summed E-state index contributed by atoms with van der Waals surface area (Å²) in [5, 5.41) is 12.0. The Balaban J connectivity index is 1.53. The van der Waals surface area contributed by atoms with E-state index in [-0.39, 0.29) is 5.91 Å². The summed E-state index contributed by atoms with van der Waals surface area (Å²) in [7, 11) is 1.64. The average Bonchev–Trinajstić information content (AvgIpc) is 3.24. The highest BCUT2D eigenvalue weighted by atomic mass is 32.1. The van der Waals surface area contributed by atoms with Gasteiger partial charge in [-0.25, -0.2) is 9.97 Å². The van der Waals surface area contributed by atoms with Gasteiger partial charge in [0.25, 0.3) is 5.91 Å². The minimum Gasteiger partial charge on any atom is -0.496 e. The van der Waals surface area contributed by atoms with E-state index in [9.17, 15) is 4.79 Å². The van der Waals surface area contributed by atoms with Crippen LogP contribution in [0.3, 0.4) is 0 Å². The average molecular weight is 391 g/mol. The van der Waals surface area contributed by atoms with Gasteiger partial charge in [0, 0.05) is 28.8 Å². The van der Waals surface area contributed by atoms with Crippen LogP contribution < -0.4 is 10.1 Å². The molecule has 3 aromatic heterocycles. The minimum atomic E-state index is -0.0571. The monoisotopic (exact) mass is 391 g/mol. The van der Waals surface area contributed by atoms with Crippen molar-refractivity contribution in [3.8, 4) is 27.6 Å². The summed E-state index contributed by atoms with van der Waals surface area (Å²) in [5.41, 5.74) is 3.19. The molecule has 1 amide bonds. The number of methoxy groups -OCH3 is 1. The number of carbonyl (C=O) groups is 1. The summed E-state index contributed by atoms with van der Waals surface area (Å²) in [6.07, 6.45) is 5.49. The van der Waals surface area contributed by atoms with Crippen LogP contribution in [0.1, 0.15) is 22.5 Å². The molecule has 3 heterocycles. The molecule has 8 heteroatoms. The molecule has 0 atom stereocenters. The van der Waals surface area contributed by atoms with Gasteiger partial charge in [-0.1, -0.05) is 12.1 Å². The van der Waals surface area contributed by atoms with Crippen LogP contribution in [0, 0.1) is 0 Å². The number of H-pyrrole nitrogens is 1. The molecule has 0 unspecified atom stereocenters. The van der Waals surface area contributed by atoms with Crippen LogP contribution in [-0.4, -0.2) is 39.2 Å².